The third-order valence-corrected chi connectivity index (χ3v) is 5.97. The first kappa shape index (κ1) is 21.4. The number of likely N-dealkylation sites (tertiary alicyclic amines) is 1. The Labute approximate surface area is 183 Å². The summed E-state index contributed by atoms with van der Waals surface area (Å²) in [7, 11) is 1.57. The van der Waals surface area contributed by atoms with Crippen molar-refractivity contribution in [1.82, 2.24) is 14.5 Å². The quantitative estimate of drug-likeness (QED) is 0.535. The van der Waals surface area contributed by atoms with Crippen LogP contribution in [0.1, 0.15) is 32.0 Å². The fourth-order valence-corrected chi connectivity index (χ4v) is 4.44. The Kier molecular flexibility index (Phi) is 6.56. The van der Waals surface area contributed by atoms with Crippen molar-refractivity contribution < 1.29 is 9.47 Å². The zero-order valence-corrected chi connectivity index (χ0v) is 18.6. The van der Waals surface area contributed by atoms with Crippen LogP contribution in [0.15, 0.2) is 47.3 Å². The monoisotopic (exact) mass is 421 g/mol. The van der Waals surface area contributed by atoms with Gasteiger partial charge in [-0.2, -0.15) is 0 Å². The molecule has 0 aliphatic carbocycles. The lowest BCUT2D eigenvalue weighted by Crippen LogP contribution is -2.35. The second kappa shape index (κ2) is 9.52. The predicted molar refractivity (Wildman–Crippen MR) is 124 cm³/mol. The summed E-state index contributed by atoms with van der Waals surface area (Å²) in [6.07, 6.45) is 3.67. The molecule has 1 fully saturated rings. The molecule has 1 aliphatic rings. The van der Waals surface area contributed by atoms with Gasteiger partial charge in [-0.1, -0.05) is 13.0 Å². The van der Waals surface area contributed by atoms with Crippen LogP contribution in [-0.4, -0.2) is 47.8 Å². The SMILES string of the molecule is COc1cccc2nc(C)n(-c3ccc(OCCCN4CCCC(C)C4)cc3)c(=O)c12. The van der Waals surface area contributed by atoms with Gasteiger partial charge in [0.2, 0.25) is 0 Å². The number of piperidine rings is 1. The number of hydrogen-bond acceptors (Lipinski definition) is 5. The first-order valence-corrected chi connectivity index (χ1v) is 11.1. The topological polar surface area (TPSA) is 56.6 Å². The van der Waals surface area contributed by atoms with Crippen molar-refractivity contribution in [1.29, 1.82) is 0 Å². The zero-order chi connectivity index (χ0) is 21.8. The molecule has 3 aromatic rings. The van der Waals surface area contributed by atoms with Crippen molar-refractivity contribution >= 4 is 10.9 Å². The molecule has 1 atom stereocenters. The smallest absolute Gasteiger partial charge is 0.269 e. The Morgan fingerprint density at radius 3 is 2.71 bits per heavy atom. The van der Waals surface area contributed by atoms with Crippen molar-refractivity contribution in [3.05, 3.63) is 58.6 Å². The van der Waals surface area contributed by atoms with E-state index in [2.05, 4.69) is 16.8 Å². The maximum Gasteiger partial charge on any atom is 0.269 e. The van der Waals surface area contributed by atoms with Crippen LogP contribution in [0.5, 0.6) is 11.5 Å². The number of ether oxygens (including phenoxy) is 2. The van der Waals surface area contributed by atoms with Gasteiger partial charge in [-0.15, -0.1) is 0 Å². The molecule has 0 saturated carbocycles. The summed E-state index contributed by atoms with van der Waals surface area (Å²) in [4.78, 5) is 20.3. The van der Waals surface area contributed by atoms with Gasteiger partial charge < -0.3 is 14.4 Å². The fourth-order valence-electron chi connectivity index (χ4n) is 4.44. The summed E-state index contributed by atoms with van der Waals surface area (Å²) in [5.41, 5.74) is 1.27. The van der Waals surface area contributed by atoms with E-state index in [1.54, 1.807) is 17.7 Å². The molecule has 6 nitrogen and oxygen atoms in total. The van der Waals surface area contributed by atoms with Crippen LogP contribution >= 0.6 is 0 Å². The van der Waals surface area contributed by atoms with E-state index in [1.165, 1.54) is 25.9 Å². The van der Waals surface area contributed by atoms with Crippen molar-refractivity contribution in [2.75, 3.05) is 33.4 Å². The lowest BCUT2D eigenvalue weighted by Gasteiger charge is -2.30. The standard InChI is InChI=1S/C25H31N3O3/c1-18-7-5-14-27(17-18)15-6-16-31-21-12-10-20(11-13-21)28-19(2)26-22-8-4-9-23(30-3)24(22)25(28)29/h4,8-13,18H,5-7,14-17H2,1-3H3. The third kappa shape index (κ3) is 4.74. The van der Waals surface area contributed by atoms with Crippen LogP contribution in [-0.2, 0) is 0 Å². The normalized spacial score (nSPS) is 17.1. The highest BCUT2D eigenvalue weighted by Gasteiger charge is 2.16. The number of hydrogen-bond donors (Lipinski definition) is 0. The minimum atomic E-state index is -0.135. The summed E-state index contributed by atoms with van der Waals surface area (Å²) in [5.74, 6) is 2.79. The van der Waals surface area contributed by atoms with Gasteiger partial charge in [0.1, 0.15) is 22.7 Å². The zero-order valence-electron chi connectivity index (χ0n) is 18.6. The molecule has 0 N–H and O–H groups in total. The molecule has 4 rings (SSSR count). The van der Waals surface area contributed by atoms with Gasteiger partial charge in [0, 0.05) is 13.1 Å². The van der Waals surface area contributed by atoms with E-state index in [0.717, 1.165) is 30.3 Å². The van der Waals surface area contributed by atoms with Crippen LogP contribution in [0.3, 0.4) is 0 Å². The number of benzene rings is 2. The molecule has 0 bridgehead atoms. The Bertz CT molecular complexity index is 1090. The molecule has 1 aromatic heterocycles. The molecule has 31 heavy (non-hydrogen) atoms. The Morgan fingerprint density at radius 1 is 1.16 bits per heavy atom. The van der Waals surface area contributed by atoms with E-state index < -0.39 is 0 Å². The second-order valence-electron chi connectivity index (χ2n) is 8.40. The maximum absolute atomic E-state index is 13.2. The van der Waals surface area contributed by atoms with Gasteiger partial charge in [0.25, 0.3) is 5.56 Å². The Morgan fingerprint density at radius 2 is 1.97 bits per heavy atom. The molecule has 2 heterocycles. The van der Waals surface area contributed by atoms with Crippen LogP contribution < -0.4 is 15.0 Å². The number of methoxy groups -OCH3 is 1. The molecule has 0 radical (unpaired) electrons. The number of fused-ring (bicyclic) bond motifs is 1. The van der Waals surface area contributed by atoms with Crippen molar-refractivity contribution in [3.8, 4) is 17.2 Å². The minimum Gasteiger partial charge on any atom is -0.496 e. The van der Waals surface area contributed by atoms with Crippen molar-refractivity contribution in [3.63, 3.8) is 0 Å². The average Bonchev–Trinajstić information content (AvgIpc) is 2.77. The number of rotatable bonds is 7. The molecular formula is C25H31N3O3. The van der Waals surface area contributed by atoms with Gasteiger partial charge in [0.15, 0.2) is 0 Å². The van der Waals surface area contributed by atoms with E-state index in [4.69, 9.17) is 9.47 Å². The van der Waals surface area contributed by atoms with E-state index >= 15 is 0 Å². The summed E-state index contributed by atoms with van der Waals surface area (Å²) in [6, 6.07) is 13.1. The van der Waals surface area contributed by atoms with Crippen LogP contribution in [0.2, 0.25) is 0 Å². The average molecular weight is 422 g/mol. The summed E-state index contributed by atoms with van der Waals surface area (Å²) in [6.45, 7) is 8.36. The van der Waals surface area contributed by atoms with E-state index in [-0.39, 0.29) is 5.56 Å². The van der Waals surface area contributed by atoms with Gasteiger partial charge >= 0.3 is 0 Å². The maximum atomic E-state index is 13.2. The van der Waals surface area contributed by atoms with Crippen LogP contribution in [0.25, 0.3) is 16.6 Å². The lowest BCUT2D eigenvalue weighted by molar-refractivity contribution is 0.170. The van der Waals surface area contributed by atoms with E-state index in [9.17, 15) is 4.79 Å². The van der Waals surface area contributed by atoms with Gasteiger partial charge in [0.05, 0.1) is 24.9 Å². The lowest BCUT2D eigenvalue weighted by atomic mass is 10.0. The molecule has 0 amide bonds. The first-order valence-electron chi connectivity index (χ1n) is 11.1. The molecule has 2 aromatic carbocycles. The number of aryl methyl sites for hydroxylation is 1. The second-order valence-corrected chi connectivity index (χ2v) is 8.40. The van der Waals surface area contributed by atoms with Crippen molar-refractivity contribution in [2.45, 2.75) is 33.1 Å². The molecular weight excluding hydrogens is 390 g/mol. The van der Waals surface area contributed by atoms with Crippen molar-refractivity contribution in [2.24, 2.45) is 5.92 Å². The molecule has 1 aliphatic heterocycles. The van der Waals surface area contributed by atoms with Gasteiger partial charge in [-0.3, -0.25) is 9.36 Å². The Balaban J connectivity index is 1.44. The molecule has 1 unspecified atom stereocenters. The first-order chi connectivity index (χ1) is 15.1. The summed E-state index contributed by atoms with van der Waals surface area (Å²) >= 11 is 0. The summed E-state index contributed by atoms with van der Waals surface area (Å²) in [5, 5.41) is 0.489. The van der Waals surface area contributed by atoms with Crippen LogP contribution in [0, 0.1) is 12.8 Å². The predicted octanol–water partition coefficient (Wildman–Crippen LogP) is 4.20. The van der Waals surface area contributed by atoms with Gasteiger partial charge in [-0.25, -0.2) is 4.98 Å². The highest BCUT2D eigenvalue weighted by Crippen LogP contribution is 2.23. The molecule has 1 saturated heterocycles. The highest BCUT2D eigenvalue weighted by molar-refractivity contribution is 5.84. The fraction of sp³-hybridized carbons (Fsp3) is 0.440. The van der Waals surface area contributed by atoms with E-state index in [1.807, 2.05) is 43.3 Å². The van der Waals surface area contributed by atoms with Crippen LogP contribution in [0.4, 0.5) is 0 Å². The van der Waals surface area contributed by atoms with Gasteiger partial charge in [-0.05, 0) is 75.0 Å². The molecule has 6 heteroatoms. The van der Waals surface area contributed by atoms with E-state index in [0.29, 0.717) is 29.1 Å². The number of aromatic nitrogens is 2. The number of nitrogens with zero attached hydrogens (tertiary/aromatic N) is 3. The minimum absolute atomic E-state index is 0.135. The Hall–Kier alpha value is -2.86. The molecule has 164 valence electrons. The highest BCUT2D eigenvalue weighted by atomic mass is 16.5. The third-order valence-electron chi connectivity index (χ3n) is 5.97. The largest absolute Gasteiger partial charge is 0.496 e. The molecule has 0 spiro atoms. The summed E-state index contributed by atoms with van der Waals surface area (Å²) < 4.78 is 12.9.